The maximum Gasteiger partial charge on any atom is 0.344 e. The van der Waals surface area contributed by atoms with Crippen LogP contribution in [0.5, 0.6) is 5.75 Å². The van der Waals surface area contributed by atoms with E-state index in [2.05, 4.69) is 27.7 Å². The second-order valence-electron chi connectivity index (χ2n) is 6.96. The zero-order chi connectivity index (χ0) is 18.1. The minimum atomic E-state index is -0.313. The van der Waals surface area contributed by atoms with Crippen LogP contribution in [0, 0.1) is 0 Å². The van der Waals surface area contributed by atoms with E-state index >= 15 is 0 Å². The van der Waals surface area contributed by atoms with Crippen molar-refractivity contribution < 1.29 is 14.6 Å². The highest BCUT2D eigenvalue weighted by Crippen LogP contribution is 2.38. The highest BCUT2D eigenvalue weighted by molar-refractivity contribution is 6.05. The second-order valence-corrected chi connectivity index (χ2v) is 6.96. The molecule has 130 valence electrons. The Morgan fingerprint density at radius 1 is 1.08 bits per heavy atom. The Bertz CT molecular complexity index is 846. The maximum absolute atomic E-state index is 12.0. The number of carbonyl (C=O) groups is 1. The van der Waals surface area contributed by atoms with Gasteiger partial charge in [-0.3, -0.25) is 0 Å². The summed E-state index contributed by atoms with van der Waals surface area (Å²) in [7, 11) is 0. The molecule has 2 aromatic rings. The lowest BCUT2D eigenvalue weighted by atomic mass is 9.89. The first kappa shape index (κ1) is 17.3. The quantitative estimate of drug-likeness (QED) is 0.729. The molecule has 1 aliphatic heterocycles. The molecule has 0 aliphatic carbocycles. The van der Waals surface area contributed by atoms with Crippen molar-refractivity contribution in [3.05, 3.63) is 64.2 Å². The lowest BCUT2D eigenvalue weighted by Gasteiger charge is -2.18. The largest absolute Gasteiger partial charge is 0.507 e. The van der Waals surface area contributed by atoms with Crippen molar-refractivity contribution in [3.8, 4) is 5.75 Å². The highest BCUT2D eigenvalue weighted by Gasteiger charge is 2.26. The van der Waals surface area contributed by atoms with Crippen molar-refractivity contribution in [3.63, 3.8) is 0 Å². The van der Waals surface area contributed by atoms with Gasteiger partial charge in [-0.15, -0.1) is 0 Å². The summed E-state index contributed by atoms with van der Waals surface area (Å²) >= 11 is 0. The minimum absolute atomic E-state index is 0.208. The van der Waals surface area contributed by atoms with Crippen molar-refractivity contribution in [2.75, 3.05) is 0 Å². The number of fused-ring (bicyclic) bond motifs is 1. The molecule has 0 amide bonds. The van der Waals surface area contributed by atoms with Crippen LogP contribution in [0.3, 0.4) is 0 Å². The van der Waals surface area contributed by atoms with E-state index in [0.717, 1.165) is 28.7 Å². The molecule has 0 aromatic heterocycles. The summed E-state index contributed by atoms with van der Waals surface area (Å²) < 4.78 is 5.45. The Hall–Kier alpha value is -2.55. The van der Waals surface area contributed by atoms with Gasteiger partial charge in [-0.1, -0.05) is 45.9 Å². The van der Waals surface area contributed by atoms with Crippen molar-refractivity contribution in [2.24, 2.45) is 0 Å². The maximum atomic E-state index is 12.0. The summed E-state index contributed by atoms with van der Waals surface area (Å²) in [6.07, 6.45) is 2.84. The number of rotatable bonds is 4. The van der Waals surface area contributed by atoms with E-state index in [-0.39, 0.29) is 17.8 Å². The molecule has 0 saturated heterocycles. The number of benzene rings is 2. The number of phenolic OH excluding ortho intramolecular Hbond substituents is 1. The average molecular weight is 336 g/mol. The molecular formula is C22H24O3. The van der Waals surface area contributed by atoms with Gasteiger partial charge in [-0.05, 0) is 59.2 Å². The van der Waals surface area contributed by atoms with Gasteiger partial charge in [0.25, 0.3) is 0 Å². The van der Waals surface area contributed by atoms with Gasteiger partial charge < -0.3 is 9.84 Å². The molecule has 0 fully saturated rings. The molecule has 1 unspecified atom stereocenters. The molecule has 3 nitrogen and oxygen atoms in total. The number of carbonyl (C=O) groups excluding carboxylic acids is 1. The molecule has 0 spiro atoms. The van der Waals surface area contributed by atoms with Crippen molar-refractivity contribution in [1.82, 2.24) is 0 Å². The lowest BCUT2D eigenvalue weighted by Crippen LogP contribution is -1.99. The molecule has 1 atom stereocenters. The monoisotopic (exact) mass is 336 g/mol. The molecule has 2 aromatic carbocycles. The van der Waals surface area contributed by atoms with Crippen LogP contribution in [0.25, 0.3) is 11.8 Å². The number of aromatic hydroxyl groups is 1. The Kier molecular flexibility index (Phi) is 4.67. The van der Waals surface area contributed by atoms with Crippen LogP contribution in [0.2, 0.25) is 0 Å². The number of cyclic esters (lactones) is 1. The van der Waals surface area contributed by atoms with Crippen molar-refractivity contribution in [1.29, 1.82) is 0 Å². The van der Waals surface area contributed by atoms with Crippen molar-refractivity contribution in [2.45, 2.75) is 46.0 Å². The molecule has 1 aliphatic rings. The standard InChI is InChI=1S/C22H24O3/c1-5-14(4)19-11-15(10-18(13(2)3)21(19)23)12-20-16-8-6-7-9-17(16)22(24)25-20/h6-14,23H,5H2,1-4H3/b20-12+. The molecule has 3 heteroatoms. The summed E-state index contributed by atoms with van der Waals surface area (Å²) in [5, 5.41) is 10.6. The number of ether oxygens (including phenoxy) is 1. The Morgan fingerprint density at radius 2 is 1.72 bits per heavy atom. The van der Waals surface area contributed by atoms with Crippen LogP contribution in [0.15, 0.2) is 36.4 Å². The summed E-state index contributed by atoms with van der Waals surface area (Å²) in [6, 6.07) is 11.4. The van der Waals surface area contributed by atoms with Gasteiger partial charge in [-0.2, -0.15) is 0 Å². The molecule has 25 heavy (non-hydrogen) atoms. The summed E-state index contributed by atoms with van der Waals surface area (Å²) in [4.78, 5) is 12.0. The van der Waals surface area contributed by atoms with Crippen molar-refractivity contribution >= 4 is 17.8 Å². The van der Waals surface area contributed by atoms with Gasteiger partial charge in [0.05, 0.1) is 5.56 Å². The molecule has 1 N–H and O–H groups in total. The van der Waals surface area contributed by atoms with Gasteiger partial charge >= 0.3 is 5.97 Å². The van der Waals surface area contributed by atoms with Crippen LogP contribution in [0.1, 0.15) is 78.6 Å². The molecule has 0 radical (unpaired) electrons. The number of hydrogen-bond donors (Lipinski definition) is 1. The van der Waals surface area contributed by atoms with E-state index in [9.17, 15) is 9.90 Å². The first-order valence-electron chi connectivity index (χ1n) is 8.82. The minimum Gasteiger partial charge on any atom is -0.507 e. The molecule has 0 bridgehead atoms. The van der Waals surface area contributed by atoms with Gasteiger partial charge in [0.2, 0.25) is 0 Å². The first-order chi connectivity index (χ1) is 11.9. The van der Waals surface area contributed by atoms with Gasteiger partial charge in [-0.25, -0.2) is 4.79 Å². The van der Waals surface area contributed by atoms with Crippen LogP contribution in [-0.2, 0) is 4.74 Å². The van der Waals surface area contributed by atoms with E-state index in [1.54, 1.807) is 6.07 Å². The number of esters is 1. The normalized spacial score (nSPS) is 16.2. The lowest BCUT2D eigenvalue weighted by molar-refractivity contribution is 0.0717. The predicted molar refractivity (Wildman–Crippen MR) is 101 cm³/mol. The van der Waals surface area contributed by atoms with E-state index < -0.39 is 0 Å². The Balaban J connectivity index is 2.12. The fraction of sp³-hybridized carbons (Fsp3) is 0.318. The zero-order valence-corrected chi connectivity index (χ0v) is 15.2. The van der Waals surface area contributed by atoms with Gasteiger partial charge in [0.15, 0.2) is 0 Å². The molecule has 0 saturated carbocycles. The van der Waals surface area contributed by atoms with Crippen LogP contribution < -0.4 is 0 Å². The SMILES string of the molecule is CCC(C)c1cc(/C=C2/OC(=O)c3ccccc32)cc(C(C)C)c1O. The first-order valence-corrected chi connectivity index (χ1v) is 8.82. The second kappa shape index (κ2) is 6.75. The third kappa shape index (κ3) is 3.19. The van der Waals surface area contributed by atoms with E-state index in [1.165, 1.54) is 0 Å². The number of phenols is 1. The topological polar surface area (TPSA) is 46.5 Å². The third-order valence-corrected chi connectivity index (χ3v) is 4.87. The third-order valence-electron chi connectivity index (χ3n) is 4.87. The van der Waals surface area contributed by atoms with Crippen LogP contribution in [-0.4, -0.2) is 11.1 Å². The summed E-state index contributed by atoms with van der Waals surface area (Å²) in [5.41, 5.74) is 4.22. The molecular weight excluding hydrogens is 312 g/mol. The van der Waals surface area contributed by atoms with Gasteiger partial charge in [0, 0.05) is 5.56 Å². The highest BCUT2D eigenvalue weighted by atomic mass is 16.5. The van der Waals surface area contributed by atoms with Gasteiger partial charge in [0.1, 0.15) is 11.5 Å². The Morgan fingerprint density at radius 3 is 2.36 bits per heavy atom. The summed E-state index contributed by atoms with van der Waals surface area (Å²) in [5.74, 6) is 1.10. The molecule has 3 rings (SSSR count). The smallest absolute Gasteiger partial charge is 0.344 e. The van der Waals surface area contributed by atoms with E-state index in [0.29, 0.717) is 17.1 Å². The zero-order valence-electron chi connectivity index (χ0n) is 15.2. The Labute approximate surface area is 149 Å². The van der Waals surface area contributed by atoms with Crippen LogP contribution in [0.4, 0.5) is 0 Å². The number of hydrogen-bond acceptors (Lipinski definition) is 3. The summed E-state index contributed by atoms with van der Waals surface area (Å²) in [6.45, 7) is 8.36. The van der Waals surface area contributed by atoms with E-state index in [4.69, 9.17) is 4.74 Å². The fourth-order valence-electron chi connectivity index (χ4n) is 3.17. The van der Waals surface area contributed by atoms with Crippen LogP contribution >= 0.6 is 0 Å². The van der Waals surface area contributed by atoms with E-state index in [1.807, 2.05) is 36.4 Å². The average Bonchev–Trinajstić information content (AvgIpc) is 2.91. The predicted octanol–water partition coefficient (Wildman–Crippen LogP) is 5.70. The molecule has 1 heterocycles. The fourth-order valence-corrected chi connectivity index (χ4v) is 3.17.